The van der Waals surface area contributed by atoms with E-state index in [2.05, 4.69) is 83.8 Å². The van der Waals surface area contributed by atoms with Crippen LogP contribution in [0.3, 0.4) is 0 Å². The molecule has 0 bridgehead atoms. The van der Waals surface area contributed by atoms with E-state index < -0.39 is 0 Å². The lowest BCUT2D eigenvalue weighted by Crippen LogP contribution is -2.35. The molecule has 2 aliphatic rings. The monoisotopic (exact) mass is 411 g/mol. The van der Waals surface area contributed by atoms with Gasteiger partial charge in [0.2, 0.25) is 0 Å². The molecule has 0 aromatic heterocycles. The Balaban J connectivity index is 1.16. The van der Waals surface area contributed by atoms with E-state index in [4.69, 9.17) is 0 Å². The summed E-state index contributed by atoms with van der Waals surface area (Å²) in [5.41, 5.74) is 6.48. The van der Waals surface area contributed by atoms with Crippen molar-refractivity contribution in [1.29, 1.82) is 0 Å². The van der Waals surface area contributed by atoms with Crippen molar-refractivity contribution in [1.82, 2.24) is 4.90 Å². The van der Waals surface area contributed by atoms with Crippen molar-refractivity contribution in [3.63, 3.8) is 0 Å². The van der Waals surface area contributed by atoms with Crippen LogP contribution in [0.2, 0.25) is 0 Å². The standard InChI is InChI=1S/C29H33NO/c31-29-25(17-20-30-18-15-24(16-19-30)22-7-3-1-4-8-22)11-12-27-21-26(13-14-28(27)29)23-9-5-2-6-10-23/h1-10,13-14,21,24-25,29,31H,11-12,15-20H2/t25-,29?/m1/s1. The van der Waals surface area contributed by atoms with Gasteiger partial charge in [-0.1, -0.05) is 78.9 Å². The predicted octanol–water partition coefficient (Wildman–Crippen LogP) is 6.22. The molecule has 1 aliphatic carbocycles. The summed E-state index contributed by atoms with van der Waals surface area (Å²) in [4.78, 5) is 2.61. The number of hydrogen-bond acceptors (Lipinski definition) is 2. The minimum absolute atomic E-state index is 0.324. The number of rotatable bonds is 5. The number of aliphatic hydroxyl groups is 1. The molecule has 3 aromatic carbocycles. The first-order valence-electron chi connectivity index (χ1n) is 11.9. The van der Waals surface area contributed by atoms with E-state index in [9.17, 15) is 5.11 Å². The van der Waals surface area contributed by atoms with Crippen molar-refractivity contribution in [2.75, 3.05) is 19.6 Å². The smallest absolute Gasteiger partial charge is 0.0821 e. The Kier molecular flexibility index (Phi) is 6.20. The molecule has 0 spiro atoms. The zero-order valence-electron chi connectivity index (χ0n) is 18.3. The Hall–Kier alpha value is -2.42. The van der Waals surface area contributed by atoms with Gasteiger partial charge < -0.3 is 10.0 Å². The van der Waals surface area contributed by atoms with Crippen LogP contribution in [0.5, 0.6) is 0 Å². The number of nitrogens with zero attached hydrogens (tertiary/aromatic N) is 1. The number of fused-ring (bicyclic) bond motifs is 1. The summed E-state index contributed by atoms with van der Waals surface area (Å²) in [7, 11) is 0. The molecule has 1 fully saturated rings. The van der Waals surface area contributed by atoms with Gasteiger partial charge in [-0.25, -0.2) is 0 Å². The third kappa shape index (κ3) is 4.61. The lowest BCUT2D eigenvalue weighted by Gasteiger charge is -2.35. The van der Waals surface area contributed by atoms with Gasteiger partial charge in [0, 0.05) is 0 Å². The summed E-state index contributed by atoms with van der Waals surface area (Å²) >= 11 is 0. The molecule has 5 rings (SSSR count). The number of likely N-dealkylation sites (tertiary alicyclic amines) is 1. The van der Waals surface area contributed by atoms with Crippen molar-refractivity contribution in [2.45, 2.75) is 44.1 Å². The summed E-state index contributed by atoms with van der Waals surface area (Å²) < 4.78 is 0. The van der Waals surface area contributed by atoms with E-state index in [1.165, 1.54) is 48.2 Å². The third-order valence-corrected chi connectivity index (χ3v) is 7.47. The average molecular weight is 412 g/mol. The van der Waals surface area contributed by atoms with Crippen LogP contribution in [0.25, 0.3) is 11.1 Å². The molecule has 2 nitrogen and oxygen atoms in total. The molecule has 1 saturated heterocycles. The Labute approximate surface area is 186 Å². The fraction of sp³-hybridized carbons (Fsp3) is 0.379. The van der Waals surface area contributed by atoms with E-state index >= 15 is 0 Å². The predicted molar refractivity (Wildman–Crippen MR) is 128 cm³/mol. The topological polar surface area (TPSA) is 23.5 Å². The summed E-state index contributed by atoms with van der Waals surface area (Å²) in [5.74, 6) is 1.09. The second-order valence-electron chi connectivity index (χ2n) is 9.34. The Morgan fingerprint density at radius 1 is 0.774 bits per heavy atom. The van der Waals surface area contributed by atoms with Gasteiger partial charge in [-0.2, -0.15) is 0 Å². The fourth-order valence-corrected chi connectivity index (χ4v) is 5.54. The molecule has 0 amide bonds. The van der Waals surface area contributed by atoms with E-state index in [0.29, 0.717) is 11.8 Å². The molecular formula is C29H33NO. The molecule has 2 heteroatoms. The van der Waals surface area contributed by atoms with Crippen LogP contribution in [-0.2, 0) is 6.42 Å². The quantitative estimate of drug-likeness (QED) is 0.539. The summed E-state index contributed by atoms with van der Waals surface area (Å²) in [6.07, 6.45) is 5.44. The van der Waals surface area contributed by atoms with Gasteiger partial charge in [-0.15, -0.1) is 0 Å². The van der Waals surface area contributed by atoms with Gasteiger partial charge in [-0.05, 0) is 91.4 Å². The van der Waals surface area contributed by atoms with Crippen LogP contribution in [0, 0.1) is 5.92 Å². The highest BCUT2D eigenvalue weighted by Crippen LogP contribution is 2.38. The van der Waals surface area contributed by atoms with E-state index in [1.54, 1.807) is 0 Å². The molecule has 2 atom stereocenters. The zero-order chi connectivity index (χ0) is 21.0. The van der Waals surface area contributed by atoms with Gasteiger partial charge in [-0.3, -0.25) is 0 Å². The number of aryl methyl sites for hydroxylation is 1. The van der Waals surface area contributed by atoms with Crippen LogP contribution in [0.15, 0.2) is 78.9 Å². The Morgan fingerprint density at radius 2 is 1.48 bits per heavy atom. The maximum Gasteiger partial charge on any atom is 0.0821 e. The highest BCUT2D eigenvalue weighted by molar-refractivity contribution is 5.65. The summed E-state index contributed by atoms with van der Waals surface area (Å²) in [6, 6.07) is 28.2. The molecule has 0 saturated carbocycles. The van der Waals surface area contributed by atoms with Gasteiger partial charge in [0.15, 0.2) is 0 Å². The summed E-state index contributed by atoms with van der Waals surface area (Å²) in [6.45, 7) is 3.47. The zero-order valence-corrected chi connectivity index (χ0v) is 18.3. The molecule has 0 radical (unpaired) electrons. The van der Waals surface area contributed by atoms with Crippen LogP contribution >= 0.6 is 0 Å². The first-order chi connectivity index (χ1) is 15.3. The van der Waals surface area contributed by atoms with Gasteiger partial charge >= 0.3 is 0 Å². The first-order valence-corrected chi connectivity index (χ1v) is 11.9. The molecule has 1 aliphatic heterocycles. The van der Waals surface area contributed by atoms with Crippen LogP contribution in [-0.4, -0.2) is 29.6 Å². The van der Waals surface area contributed by atoms with E-state index in [1.807, 2.05) is 0 Å². The second-order valence-corrected chi connectivity index (χ2v) is 9.34. The molecular weight excluding hydrogens is 378 g/mol. The largest absolute Gasteiger partial charge is 0.388 e. The SMILES string of the molecule is OC1c2ccc(-c3ccccc3)cc2CC[C@@H]1CCN1CCC(c2ccccc2)CC1. The molecule has 1 heterocycles. The van der Waals surface area contributed by atoms with Gasteiger partial charge in [0.1, 0.15) is 0 Å². The van der Waals surface area contributed by atoms with Crippen LogP contribution in [0.1, 0.15) is 54.4 Å². The summed E-state index contributed by atoms with van der Waals surface area (Å²) in [5, 5.41) is 11.1. The molecule has 31 heavy (non-hydrogen) atoms. The van der Waals surface area contributed by atoms with Crippen LogP contribution < -0.4 is 0 Å². The Morgan fingerprint density at radius 3 is 2.23 bits per heavy atom. The normalized spacial score (nSPS) is 22.2. The second kappa shape index (κ2) is 9.38. The van der Waals surface area contributed by atoms with Gasteiger partial charge in [0.25, 0.3) is 0 Å². The highest BCUT2D eigenvalue weighted by atomic mass is 16.3. The van der Waals surface area contributed by atoms with Crippen molar-refractivity contribution < 1.29 is 5.11 Å². The maximum absolute atomic E-state index is 11.1. The average Bonchev–Trinajstić information content (AvgIpc) is 2.85. The fourth-order valence-electron chi connectivity index (χ4n) is 5.54. The minimum atomic E-state index is -0.324. The van der Waals surface area contributed by atoms with Crippen molar-refractivity contribution in [2.24, 2.45) is 5.92 Å². The van der Waals surface area contributed by atoms with Crippen molar-refractivity contribution in [3.05, 3.63) is 95.6 Å². The van der Waals surface area contributed by atoms with Crippen LogP contribution in [0.4, 0.5) is 0 Å². The van der Waals surface area contributed by atoms with Gasteiger partial charge in [0.05, 0.1) is 6.10 Å². The number of piperidine rings is 1. The first kappa shape index (κ1) is 20.5. The van der Waals surface area contributed by atoms with E-state index in [0.717, 1.165) is 31.4 Å². The highest BCUT2D eigenvalue weighted by Gasteiger charge is 2.29. The molecule has 1 N–H and O–H groups in total. The van der Waals surface area contributed by atoms with Crippen molar-refractivity contribution >= 4 is 0 Å². The molecule has 1 unspecified atom stereocenters. The maximum atomic E-state index is 11.1. The van der Waals surface area contributed by atoms with E-state index in [-0.39, 0.29) is 6.10 Å². The number of hydrogen-bond donors (Lipinski definition) is 1. The molecule has 3 aromatic rings. The lowest BCUT2D eigenvalue weighted by atomic mass is 9.78. The number of aliphatic hydroxyl groups excluding tert-OH is 1. The van der Waals surface area contributed by atoms with Crippen molar-refractivity contribution in [3.8, 4) is 11.1 Å². The Bertz CT molecular complexity index is 976. The number of benzene rings is 3. The third-order valence-electron chi connectivity index (χ3n) is 7.47. The minimum Gasteiger partial charge on any atom is -0.388 e. The lowest BCUT2D eigenvalue weighted by molar-refractivity contribution is 0.0772. The molecule has 160 valence electrons.